The van der Waals surface area contributed by atoms with Crippen LogP contribution in [0.15, 0.2) is 30.5 Å². The summed E-state index contributed by atoms with van der Waals surface area (Å²) in [6.45, 7) is 2.67. The van der Waals surface area contributed by atoms with Crippen LogP contribution in [-0.4, -0.2) is 58.9 Å². The quantitative estimate of drug-likeness (QED) is 0.562. The van der Waals surface area contributed by atoms with Gasteiger partial charge in [0.2, 0.25) is 0 Å². The maximum atomic E-state index is 14.0. The largest absolute Gasteiger partial charge is 0.470 e. The van der Waals surface area contributed by atoms with E-state index in [1.54, 1.807) is 12.1 Å². The number of ether oxygens (including phenoxy) is 1. The van der Waals surface area contributed by atoms with Crippen LogP contribution < -0.4 is 10.5 Å². The number of carbonyl (C=O) groups excluding carboxylic acids is 1. The molecule has 0 spiro atoms. The number of aromatic nitrogens is 2. The Labute approximate surface area is 192 Å². The van der Waals surface area contributed by atoms with E-state index in [-0.39, 0.29) is 34.8 Å². The predicted octanol–water partition coefficient (Wildman–Crippen LogP) is 3.69. The molecule has 1 aliphatic heterocycles. The number of rotatable bonds is 5. The number of nitrogens with zero attached hydrogens (tertiary/aromatic N) is 4. The maximum absolute atomic E-state index is 14.0. The molecule has 1 amide bonds. The first-order chi connectivity index (χ1) is 15.3. The normalized spacial score (nSPS) is 14.6. The number of hydrogen-bond donors (Lipinski definition) is 1. The van der Waals surface area contributed by atoms with Gasteiger partial charge in [0.15, 0.2) is 5.82 Å². The second-order valence-corrected chi connectivity index (χ2v) is 8.78. The molecule has 0 saturated carbocycles. The van der Waals surface area contributed by atoms with Gasteiger partial charge in [0.25, 0.3) is 11.8 Å². The molecule has 1 saturated heterocycles. The summed E-state index contributed by atoms with van der Waals surface area (Å²) in [5.74, 6) is -1.53. The first-order valence-corrected chi connectivity index (χ1v) is 11.0. The van der Waals surface area contributed by atoms with E-state index in [1.165, 1.54) is 17.5 Å². The minimum Gasteiger partial charge on any atom is -0.470 e. The van der Waals surface area contributed by atoms with Gasteiger partial charge in [0.1, 0.15) is 23.9 Å². The highest BCUT2D eigenvalue weighted by Gasteiger charge is 2.22. The molecule has 32 heavy (non-hydrogen) atoms. The summed E-state index contributed by atoms with van der Waals surface area (Å²) in [5, 5.41) is -0.363. The molecule has 3 heterocycles. The Balaban J connectivity index is 1.51. The van der Waals surface area contributed by atoms with Crippen LogP contribution in [0.1, 0.15) is 15.2 Å². The molecule has 0 aliphatic carbocycles. The molecular weight excluding hydrogens is 460 g/mol. The standard InChI is InChI=1S/C21H20ClF2N5O2S/c1-28-6-8-29(9-7-28)21(30)17-5-4-16(32-17)15-10-26-19(25)20(27-15)31-11-12-13(23)2-3-14(24)18(12)22/h2-5,10H,6-9,11H2,1H3,(H2,25,26). The molecule has 11 heteroatoms. The Morgan fingerprint density at radius 1 is 1.19 bits per heavy atom. The highest BCUT2D eigenvalue weighted by Crippen LogP contribution is 2.31. The van der Waals surface area contributed by atoms with Gasteiger partial charge in [-0.2, -0.15) is 0 Å². The zero-order chi connectivity index (χ0) is 22.8. The van der Waals surface area contributed by atoms with Crippen LogP contribution in [0.2, 0.25) is 5.02 Å². The summed E-state index contributed by atoms with van der Waals surface area (Å²) in [6, 6.07) is 5.44. The van der Waals surface area contributed by atoms with E-state index in [9.17, 15) is 13.6 Å². The Hall–Kier alpha value is -2.82. The monoisotopic (exact) mass is 479 g/mol. The Morgan fingerprint density at radius 3 is 2.66 bits per heavy atom. The van der Waals surface area contributed by atoms with Gasteiger partial charge in [-0.3, -0.25) is 4.79 Å². The molecule has 0 radical (unpaired) electrons. The van der Waals surface area contributed by atoms with Gasteiger partial charge < -0.3 is 20.3 Å². The number of benzene rings is 1. The summed E-state index contributed by atoms with van der Waals surface area (Å²) < 4.78 is 33.1. The number of likely N-dealkylation sites (N-methyl/N-ethyl adjacent to an activating group) is 1. The smallest absolute Gasteiger partial charge is 0.264 e. The Morgan fingerprint density at radius 2 is 1.91 bits per heavy atom. The van der Waals surface area contributed by atoms with Crippen LogP contribution in [0.3, 0.4) is 0 Å². The van der Waals surface area contributed by atoms with Crippen LogP contribution in [0.4, 0.5) is 14.6 Å². The summed E-state index contributed by atoms with van der Waals surface area (Å²) in [6.07, 6.45) is 1.47. The second kappa shape index (κ2) is 9.35. The SMILES string of the molecule is CN1CCN(C(=O)c2ccc(-c3cnc(N)c(OCc4c(F)ccc(F)c4Cl)n3)s2)CC1. The molecular formula is C21H20ClF2N5O2S. The molecule has 0 atom stereocenters. The van der Waals surface area contributed by atoms with Crippen LogP contribution in [-0.2, 0) is 6.61 Å². The molecule has 1 aromatic carbocycles. The topological polar surface area (TPSA) is 84.6 Å². The molecule has 168 valence electrons. The summed E-state index contributed by atoms with van der Waals surface area (Å²) >= 11 is 7.13. The van der Waals surface area contributed by atoms with Gasteiger partial charge in [-0.25, -0.2) is 18.7 Å². The van der Waals surface area contributed by atoms with Crippen molar-refractivity contribution in [2.24, 2.45) is 0 Å². The number of anilines is 1. The summed E-state index contributed by atoms with van der Waals surface area (Å²) in [5.41, 5.74) is 6.14. The summed E-state index contributed by atoms with van der Waals surface area (Å²) in [7, 11) is 2.03. The molecule has 2 N–H and O–H groups in total. The first kappa shape index (κ1) is 22.4. The second-order valence-electron chi connectivity index (χ2n) is 7.32. The molecule has 1 aliphatic rings. The van der Waals surface area contributed by atoms with Crippen molar-refractivity contribution in [3.05, 3.63) is 57.6 Å². The third-order valence-corrected chi connectivity index (χ3v) is 6.62. The van der Waals surface area contributed by atoms with Crippen molar-refractivity contribution in [2.45, 2.75) is 6.61 Å². The van der Waals surface area contributed by atoms with E-state index in [0.29, 0.717) is 28.5 Å². The highest BCUT2D eigenvalue weighted by atomic mass is 35.5. The average Bonchev–Trinajstić information content (AvgIpc) is 3.28. The lowest BCUT2D eigenvalue weighted by Gasteiger charge is -2.32. The van der Waals surface area contributed by atoms with Gasteiger partial charge in [-0.1, -0.05) is 11.6 Å². The predicted molar refractivity (Wildman–Crippen MR) is 119 cm³/mol. The lowest BCUT2D eigenvalue weighted by molar-refractivity contribution is 0.0669. The van der Waals surface area contributed by atoms with E-state index < -0.39 is 11.6 Å². The Kier molecular flexibility index (Phi) is 6.54. The highest BCUT2D eigenvalue weighted by molar-refractivity contribution is 7.17. The number of halogens is 3. The number of piperazine rings is 1. The molecule has 4 rings (SSSR count). The van der Waals surface area contributed by atoms with E-state index in [2.05, 4.69) is 14.9 Å². The third-order valence-electron chi connectivity index (χ3n) is 5.12. The number of hydrogen-bond acceptors (Lipinski definition) is 7. The number of amides is 1. The van der Waals surface area contributed by atoms with Gasteiger partial charge in [-0.15, -0.1) is 11.3 Å². The molecule has 0 bridgehead atoms. The van der Waals surface area contributed by atoms with E-state index in [1.807, 2.05) is 11.9 Å². The van der Waals surface area contributed by atoms with Crippen LogP contribution in [0.25, 0.3) is 10.6 Å². The number of nitrogens with two attached hydrogens (primary N) is 1. The van der Waals surface area contributed by atoms with Gasteiger partial charge in [0.05, 0.1) is 21.0 Å². The summed E-state index contributed by atoms with van der Waals surface area (Å²) in [4.78, 5) is 26.5. The molecule has 2 aromatic heterocycles. The van der Waals surface area contributed by atoms with Crippen molar-refractivity contribution in [2.75, 3.05) is 39.0 Å². The van der Waals surface area contributed by atoms with Crippen molar-refractivity contribution in [3.8, 4) is 16.5 Å². The fraction of sp³-hybridized carbons (Fsp3) is 0.286. The van der Waals surface area contributed by atoms with Crippen molar-refractivity contribution in [1.82, 2.24) is 19.8 Å². The van der Waals surface area contributed by atoms with Crippen LogP contribution in [0, 0.1) is 11.6 Å². The zero-order valence-electron chi connectivity index (χ0n) is 17.1. The zero-order valence-corrected chi connectivity index (χ0v) is 18.7. The lowest BCUT2D eigenvalue weighted by Crippen LogP contribution is -2.46. The minimum absolute atomic E-state index is 0.00743. The van der Waals surface area contributed by atoms with Crippen molar-refractivity contribution >= 4 is 34.7 Å². The Bertz CT molecular complexity index is 1150. The van der Waals surface area contributed by atoms with E-state index >= 15 is 0 Å². The molecule has 7 nitrogen and oxygen atoms in total. The van der Waals surface area contributed by atoms with Crippen molar-refractivity contribution in [3.63, 3.8) is 0 Å². The maximum Gasteiger partial charge on any atom is 0.264 e. The molecule has 3 aromatic rings. The average molecular weight is 480 g/mol. The lowest BCUT2D eigenvalue weighted by atomic mass is 10.2. The van der Waals surface area contributed by atoms with Crippen molar-refractivity contribution < 1.29 is 18.3 Å². The number of thiophene rings is 1. The van der Waals surface area contributed by atoms with Gasteiger partial charge in [0, 0.05) is 31.7 Å². The van der Waals surface area contributed by atoms with Crippen LogP contribution in [0.5, 0.6) is 5.88 Å². The van der Waals surface area contributed by atoms with Gasteiger partial charge in [-0.05, 0) is 31.3 Å². The third kappa shape index (κ3) is 4.67. The first-order valence-electron chi connectivity index (χ1n) is 9.79. The minimum atomic E-state index is -0.754. The molecule has 1 fully saturated rings. The van der Waals surface area contributed by atoms with Crippen molar-refractivity contribution in [1.29, 1.82) is 0 Å². The van der Waals surface area contributed by atoms with Crippen LogP contribution >= 0.6 is 22.9 Å². The number of carbonyl (C=O) groups is 1. The van der Waals surface area contributed by atoms with E-state index in [4.69, 9.17) is 22.1 Å². The number of nitrogen functional groups attached to an aromatic ring is 1. The van der Waals surface area contributed by atoms with E-state index in [0.717, 1.165) is 25.2 Å². The van der Waals surface area contributed by atoms with Gasteiger partial charge >= 0.3 is 0 Å². The fourth-order valence-electron chi connectivity index (χ4n) is 3.20. The molecule has 0 unspecified atom stereocenters. The fourth-order valence-corrected chi connectivity index (χ4v) is 4.34.